The van der Waals surface area contributed by atoms with Gasteiger partial charge in [0, 0.05) is 18.5 Å². The molecule has 2 N–H and O–H groups in total. The molecule has 1 heterocycles. The fraction of sp³-hybridized carbons (Fsp3) is 0.533. The Bertz CT molecular complexity index is 486. The minimum Gasteiger partial charge on any atom is -0.493 e. The van der Waals surface area contributed by atoms with Gasteiger partial charge in [0.25, 0.3) is 5.91 Å². The maximum atomic E-state index is 12.1. The standard InChI is InChI=1S/C15H19NO3/c17-13-3-1-10(7-13)9-16-15(18)12-2-4-14-11(8-12)5-6-19-14/h2,4,8,10,13,17H,1,3,5-7,9H2,(H,16,18). The van der Waals surface area contributed by atoms with E-state index in [0.717, 1.165) is 37.0 Å². The van der Waals surface area contributed by atoms with Crippen molar-refractivity contribution in [2.75, 3.05) is 13.2 Å². The summed E-state index contributed by atoms with van der Waals surface area (Å²) in [7, 11) is 0. The Kier molecular flexibility index (Phi) is 3.42. The molecule has 4 heteroatoms. The second kappa shape index (κ2) is 5.21. The third-order valence-corrected chi connectivity index (χ3v) is 4.02. The van der Waals surface area contributed by atoms with Crippen molar-refractivity contribution in [2.24, 2.45) is 5.92 Å². The highest BCUT2D eigenvalue weighted by molar-refractivity contribution is 5.94. The lowest BCUT2D eigenvalue weighted by Gasteiger charge is -2.11. The molecule has 0 saturated heterocycles. The van der Waals surface area contributed by atoms with E-state index in [1.807, 2.05) is 18.2 Å². The van der Waals surface area contributed by atoms with Crippen LogP contribution in [0.4, 0.5) is 0 Å². The number of hydrogen-bond donors (Lipinski definition) is 2. The van der Waals surface area contributed by atoms with E-state index in [0.29, 0.717) is 24.6 Å². The van der Waals surface area contributed by atoms with Crippen LogP contribution < -0.4 is 10.1 Å². The van der Waals surface area contributed by atoms with Crippen LogP contribution in [0, 0.1) is 5.92 Å². The molecular weight excluding hydrogens is 242 g/mol. The molecule has 1 fully saturated rings. The first-order valence-electron chi connectivity index (χ1n) is 6.94. The normalized spacial score (nSPS) is 24.9. The third-order valence-electron chi connectivity index (χ3n) is 4.02. The number of amides is 1. The second-order valence-corrected chi connectivity index (χ2v) is 5.46. The highest BCUT2D eigenvalue weighted by Gasteiger charge is 2.23. The van der Waals surface area contributed by atoms with Crippen molar-refractivity contribution in [3.63, 3.8) is 0 Å². The summed E-state index contributed by atoms with van der Waals surface area (Å²) in [5.41, 5.74) is 1.81. The zero-order valence-electron chi connectivity index (χ0n) is 10.9. The number of nitrogens with one attached hydrogen (secondary N) is 1. The first-order valence-corrected chi connectivity index (χ1v) is 6.94. The van der Waals surface area contributed by atoms with Crippen molar-refractivity contribution < 1.29 is 14.6 Å². The van der Waals surface area contributed by atoms with Gasteiger partial charge in [0.15, 0.2) is 0 Å². The van der Waals surface area contributed by atoms with Crippen LogP contribution in [0.1, 0.15) is 35.2 Å². The molecular formula is C15H19NO3. The molecule has 1 aliphatic heterocycles. The van der Waals surface area contributed by atoms with Crippen molar-refractivity contribution in [1.29, 1.82) is 0 Å². The van der Waals surface area contributed by atoms with E-state index in [4.69, 9.17) is 4.74 Å². The Labute approximate surface area is 112 Å². The molecule has 1 aromatic rings. The van der Waals surface area contributed by atoms with Gasteiger partial charge in [-0.05, 0) is 48.9 Å². The monoisotopic (exact) mass is 261 g/mol. The highest BCUT2D eigenvalue weighted by atomic mass is 16.5. The van der Waals surface area contributed by atoms with Gasteiger partial charge in [-0.2, -0.15) is 0 Å². The number of hydrogen-bond acceptors (Lipinski definition) is 3. The lowest BCUT2D eigenvalue weighted by molar-refractivity contribution is 0.0945. The van der Waals surface area contributed by atoms with Crippen molar-refractivity contribution >= 4 is 5.91 Å². The van der Waals surface area contributed by atoms with Gasteiger partial charge >= 0.3 is 0 Å². The van der Waals surface area contributed by atoms with Gasteiger partial charge in [-0.25, -0.2) is 0 Å². The van der Waals surface area contributed by atoms with E-state index in [1.165, 1.54) is 0 Å². The molecule has 102 valence electrons. The molecule has 3 rings (SSSR count). The highest BCUT2D eigenvalue weighted by Crippen LogP contribution is 2.26. The molecule has 0 bridgehead atoms. The molecule has 0 aromatic heterocycles. The third kappa shape index (κ3) is 2.73. The summed E-state index contributed by atoms with van der Waals surface area (Å²) in [5.74, 6) is 1.28. The Morgan fingerprint density at radius 3 is 3.11 bits per heavy atom. The zero-order chi connectivity index (χ0) is 13.2. The molecule has 2 aliphatic rings. The van der Waals surface area contributed by atoms with Crippen molar-refractivity contribution in [2.45, 2.75) is 31.8 Å². The van der Waals surface area contributed by atoms with Gasteiger partial charge in [0.2, 0.25) is 0 Å². The van der Waals surface area contributed by atoms with E-state index in [9.17, 15) is 9.90 Å². The fourth-order valence-electron chi connectivity index (χ4n) is 2.90. The number of carbonyl (C=O) groups is 1. The summed E-state index contributed by atoms with van der Waals surface area (Å²) in [5, 5.41) is 12.4. The summed E-state index contributed by atoms with van der Waals surface area (Å²) in [4.78, 5) is 12.1. The average molecular weight is 261 g/mol. The summed E-state index contributed by atoms with van der Waals surface area (Å²) < 4.78 is 5.43. The Morgan fingerprint density at radius 1 is 1.42 bits per heavy atom. The predicted molar refractivity (Wildman–Crippen MR) is 71.3 cm³/mol. The van der Waals surface area contributed by atoms with Crippen molar-refractivity contribution in [3.05, 3.63) is 29.3 Å². The quantitative estimate of drug-likeness (QED) is 0.867. The number of aliphatic hydroxyl groups is 1. The minimum atomic E-state index is -0.181. The van der Waals surface area contributed by atoms with Gasteiger partial charge < -0.3 is 15.2 Å². The maximum Gasteiger partial charge on any atom is 0.251 e. The van der Waals surface area contributed by atoms with E-state index in [2.05, 4.69) is 5.32 Å². The topological polar surface area (TPSA) is 58.6 Å². The Balaban J connectivity index is 1.58. The molecule has 2 atom stereocenters. The molecule has 0 radical (unpaired) electrons. The number of rotatable bonds is 3. The number of benzene rings is 1. The maximum absolute atomic E-state index is 12.1. The minimum absolute atomic E-state index is 0.0314. The summed E-state index contributed by atoms with van der Waals surface area (Å²) >= 11 is 0. The Hall–Kier alpha value is -1.55. The summed E-state index contributed by atoms with van der Waals surface area (Å²) in [6.45, 7) is 1.36. The van der Waals surface area contributed by atoms with Crippen LogP contribution in [0.5, 0.6) is 5.75 Å². The number of ether oxygens (including phenoxy) is 1. The van der Waals surface area contributed by atoms with Crippen LogP contribution in [-0.2, 0) is 6.42 Å². The van der Waals surface area contributed by atoms with Gasteiger partial charge in [-0.1, -0.05) is 0 Å². The number of carbonyl (C=O) groups excluding carboxylic acids is 1. The van der Waals surface area contributed by atoms with Crippen LogP contribution >= 0.6 is 0 Å². The van der Waals surface area contributed by atoms with E-state index in [1.54, 1.807) is 0 Å². The molecule has 0 spiro atoms. The fourth-order valence-corrected chi connectivity index (χ4v) is 2.90. The van der Waals surface area contributed by atoms with E-state index in [-0.39, 0.29) is 12.0 Å². The largest absolute Gasteiger partial charge is 0.493 e. The van der Waals surface area contributed by atoms with Crippen LogP contribution in [0.15, 0.2) is 18.2 Å². The average Bonchev–Trinajstić information content (AvgIpc) is 3.03. The van der Waals surface area contributed by atoms with E-state index >= 15 is 0 Å². The van der Waals surface area contributed by atoms with E-state index < -0.39 is 0 Å². The predicted octanol–water partition coefficient (Wildman–Crippen LogP) is 1.51. The summed E-state index contributed by atoms with van der Waals surface area (Å²) in [6.07, 6.45) is 3.36. The first-order chi connectivity index (χ1) is 9.22. The van der Waals surface area contributed by atoms with Crippen LogP contribution in [0.3, 0.4) is 0 Å². The molecule has 1 amide bonds. The molecule has 1 aliphatic carbocycles. The van der Waals surface area contributed by atoms with Crippen LogP contribution in [0.2, 0.25) is 0 Å². The summed E-state index contributed by atoms with van der Waals surface area (Å²) in [6, 6.07) is 5.60. The van der Waals surface area contributed by atoms with Gasteiger partial charge in [0.1, 0.15) is 5.75 Å². The molecule has 4 nitrogen and oxygen atoms in total. The zero-order valence-corrected chi connectivity index (χ0v) is 10.9. The SMILES string of the molecule is O=C(NCC1CCC(O)C1)c1ccc2c(c1)CCO2. The van der Waals surface area contributed by atoms with Gasteiger partial charge in [-0.15, -0.1) is 0 Å². The molecule has 1 aromatic carbocycles. The second-order valence-electron chi connectivity index (χ2n) is 5.46. The lowest BCUT2D eigenvalue weighted by Crippen LogP contribution is -2.28. The van der Waals surface area contributed by atoms with Crippen molar-refractivity contribution in [3.8, 4) is 5.75 Å². The van der Waals surface area contributed by atoms with Gasteiger partial charge in [0.05, 0.1) is 12.7 Å². The molecule has 19 heavy (non-hydrogen) atoms. The number of fused-ring (bicyclic) bond motifs is 1. The number of aliphatic hydroxyl groups excluding tert-OH is 1. The lowest BCUT2D eigenvalue weighted by atomic mass is 10.1. The van der Waals surface area contributed by atoms with Crippen LogP contribution in [0.25, 0.3) is 0 Å². The van der Waals surface area contributed by atoms with Crippen molar-refractivity contribution in [1.82, 2.24) is 5.32 Å². The molecule has 1 saturated carbocycles. The smallest absolute Gasteiger partial charge is 0.251 e. The van der Waals surface area contributed by atoms with Gasteiger partial charge in [-0.3, -0.25) is 4.79 Å². The Morgan fingerprint density at radius 2 is 2.32 bits per heavy atom. The van der Waals surface area contributed by atoms with Crippen LogP contribution in [-0.4, -0.2) is 30.3 Å². The molecule has 2 unspecified atom stereocenters. The first kappa shape index (κ1) is 12.5.